The van der Waals surface area contributed by atoms with Crippen LogP contribution < -0.4 is 0 Å². The lowest BCUT2D eigenvalue weighted by Gasteiger charge is -2.33. The first-order chi connectivity index (χ1) is 16.3. The summed E-state index contributed by atoms with van der Waals surface area (Å²) in [6.45, 7) is 1.51. The molecule has 0 aromatic carbocycles. The van der Waals surface area contributed by atoms with E-state index in [1.807, 2.05) is 0 Å². The second-order valence-corrected chi connectivity index (χ2v) is 9.36. The Morgan fingerprint density at radius 1 is 0.571 bits per heavy atom. The van der Waals surface area contributed by atoms with Gasteiger partial charge in [-0.2, -0.15) is 39.5 Å². The van der Waals surface area contributed by atoms with E-state index in [1.165, 1.54) is 0 Å². The molecule has 0 bridgehead atoms. The minimum atomic E-state index is -6.79. The average Bonchev–Trinajstić information content (AvgIpc) is 2.78. The lowest BCUT2D eigenvalue weighted by atomic mass is 9.97. The van der Waals surface area contributed by atoms with Crippen molar-refractivity contribution in [2.24, 2.45) is 0 Å². The first-order valence-corrected chi connectivity index (χ1v) is 12.8. The molecule has 1 fully saturated rings. The highest BCUT2D eigenvalue weighted by atomic mass is 19.4. The molecule has 1 saturated heterocycles. The quantitative estimate of drug-likeness (QED) is 0.122. The molecule has 0 saturated carbocycles. The Balaban J connectivity index is 1.95. The van der Waals surface area contributed by atoms with Crippen LogP contribution in [0.1, 0.15) is 109 Å². The summed E-state index contributed by atoms with van der Waals surface area (Å²) in [5.41, 5.74) is 0. The predicted octanol–water partition coefficient (Wildman–Crippen LogP) is 9.46. The molecule has 1 aliphatic rings. The summed E-state index contributed by atoms with van der Waals surface area (Å²) >= 11 is 0. The monoisotopic (exact) mass is 530 g/mol. The smallest absolute Gasteiger partial charge is 0.353 e. The molecule has 1 aliphatic heterocycles. The lowest BCUT2D eigenvalue weighted by Crippen LogP contribution is -2.60. The van der Waals surface area contributed by atoms with E-state index in [1.54, 1.807) is 0 Å². The Bertz CT molecular complexity index is 548. The Morgan fingerprint density at radius 2 is 1.03 bits per heavy atom. The van der Waals surface area contributed by atoms with Gasteiger partial charge in [-0.1, -0.05) is 70.6 Å². The molecule has 0 aliphatic carbocycles. The Morgan fingerprint density at radius 3 is 1.46 bits per heavy atom. The van der Waals surface area contributed by atoms with Crippen LogP contribution in [0.2, 0.25) is 0 Å². The van der Waals surface area contributed by atoms with Gasteiger partial charge in [0, 0.05) is 19.6 Å². The van der Waals surface area contributed by atoms with E-state index in [9.17, 15) is 39.5 Å². The van der Waals surface area contributed by atoms with Crippen molar-refractivity contribution in [3.63, 3.8) is 0 Å². The Kier molecular flexibility index (Phi) is 14.3. The van der Waals surface area contributed by atoms with Crippen LogP contribution in [0.15, 0.2) is 0 Å². The van der Waals surface area contributed by atoms with Crippen LogP contribution in [-0.2, 0) is 9.47 Å². The fraction of sp³-hybridized carbons (Fsp3) is 1.00. The summed E-state index contributed by atoms with van der Waals surface area (Å²) < 4.78 is 126. The van der Waals surface area contributed by atoms with E-state index >= 15 is 0 Å². The molecule has 0 aromatic rings. The molecule has 0 spiro atoms. The van der Waals surface area contributed by atoms with Crippen LogP contribution >= 0.6 is 0 Å². The lowest BCUT2D eigenvalue weighted by molar-refractivity contribution is -0.396. The summed E-state index contributed by atoms with van der Waals surface area (Å²) in [5.74, 6) is -18.7. The maximum absolute atomic E-state index is 13.4. The van der Waals surface area contributed by atoms with Crippen molar-refractivity contribution in [3.05, 3.63) is 0 Å². The average molecular weight is 531 g/mol. The SMILES string of the molecule is FC(F)(F)C(F)(F)C(F)(F)C(F)(F)CCCCCCCCCCCCCCCOC1CCCCO1. The van der Waals surface area contributed by atoms with Gasteiger partial charge in [0.2, 0.25) is 0 Å². The van der Waals surface area contributed by atoms with Crippen molar-refractivity contribution < 1.29 is 49.0 Å². The van der Waals surface area contributed by atoms with Crippen LogP contribution in [0.3, 0.4) is 0 Å². The van der Waals surface area contributed by atoms with Gasteiger partial charge < -0.3 is 9.47 Å². The van der Waals surface area contributed by atoms with E-state index < -0.39 is 36.8 Å². The third kappa shape index (κ3) is 11.1. The largest absolute Gasteiger partial charge is 0.460 e. The van der Waals surface area contributed by atoms with Crippen molar-refractivity contribution in [1.82, 2.24) is 0 Å². The van der Waals surface area contributed by atoms with E-state index in [0.29, 0.717) is 12.8 Å². The highest BCUT2D eigenvalue weighted by Crippen LogP contribution is 2.54. The van der Waals surface area contributed by atoms with Gasteiger partial charge in [0.05, 0.1) is 0 Å². The zero-order valence-corrected chi connectivity index (χ0v) is 20.2. The molecule has 1 unspecified atom stereocenters. The minimum absolute atomic E-state index is 0.0364. The predicted molar refractivity (Wildman–Crippen MR) is 115 cm³/mol. The third-order valence-corrected chi connectivity index (χ3v) is 6.29. The molecule has 1 atom stereocenters. The van der Waals surface area contributed by atoms with Crippen molar-refractivity contribution in [2.75, 3.05) is 13.2 Å². The zero-order valence-electron chi connectivity index (χ0n) is 20.2. The van der Waals surface area contributed by atoms with Crippen LogP contribution in [0, 0.1) is 0 Å². The Hall–Kier alpha value is -0.710. The van der Waals surface area contributed by atoms with Crippen LogP contribution in [0.4, 0.5) is 39.5 Å². The third-order valence-electron chi connectivity index (χ3n) is 6.29. The van der Waals surface area contributed by atoms with Crippen molar-refractivity contribution >= 4 is 0 Å². The van der Waals surface area contributed by atoms with Gasteiger partial charge >= 0.3 is 23.9 Å². The second-order valence-electron chi connectivity index (χ2n) is 9.36. The molecule has 210 valence electrons. The van der Waals surface area contributed by atoms with Gasteiger partial charge in [-0.05, 0) is 32.1 Å². The molecular weight excluding hydrogens is 491 g/mol. The van der Waals surface area contributed by atoms with Gasteiger partial charge in [0.1, 0.15) is 0 Å². The Labute approximate surface area is 202 Å². The highest BCUT2D eigenvalue weighted by Gasteiger charge is 2.81. The number of alkyl halides is 9. The van der Waals surface area contributed by atoms with Crippen molar-refractivity contribution in [1.29, 1.82) is 0 Å². The number of rotatable bonds is 19. The first kappa shape index (κ1) is 32.3. The maximum Gasteiger partial charge on any atom is 0.460 e. The summed E-state index contributed by atoms with van der Waals surface area (Å²) in [7, 11) is 0. The second kappa shape index (κ2) is 15.5. The molecule has 0 N–H and O–H groups in total. The molecule has 2 nitrogen and oxygen atoms in total. The molecular formula is C24H39F9O2. The molecule has 1 rings (SSSR count). The van der Waals surface area contributed by atoms with Crippen molar-refractivity contribution in [3.8, 4) is 0 Å². The fourth-order valence-corrected chi connectivity index (χ4v) is 4.02. The zero-order chi connectivity index (χ0) is 26.4. The number of halogens is 9. The van der Waals surface area contributed by atoms with Crippen LogP contribution in [0.25, 0.3) is 0 Å². The summed E-state index contributed by atoms with van der Waals surface area (Å²) in [6.07, 6.45) is 4.80. The summed E-state index contributed by atoms with van der Waals surface area (Å²) in [6, 6.07) is 0. The summed E-state index contributed by atoms with van der Waals surface area (Å²) in [4.78, 5) is 0. The normalized spacial score (nSPS) is 18.3. The molecule has 35 heavy (non-hydrogen) atoms. The fourth-order valence-electron chi connectivity index (χ4n) is 4.02. The van der Waals surface area contributed by atoms with Crippen molar-refractivity contribution in [2.45, 2.75) is 139 Å². The van der Waals surface area contributed by atoms with E-state index in [4.69, 9.17) is 9.47 Å². The topological polar surface area (TPSA) is 18.5 Å². The molecule has 11 heteroatoms. The molecule has 0 radical (unpaired) electrons. The first-order valence-electron chi connectivity index (χ1n) is 12.8. The van der Waals surface area contributed by atoms with Gasteiger partial charge in [0.25, 0.3) is 0 Å². The maximum atomic E-state index is 13.4. The molecule has 0 amide bonds. The minimum Gasteiger partial charge on any atom is -0.353 e. The van der Waals surface area contributed by atoms with Gasteiger partial charge in [-0.3, -0.25) is 0 Å². The van der Waals surface area contributed by atoms with E-state index in [2.05, 4.69) is 0 Å². The van der Waals surface area contributed by atoms with Gasteiger partial charge in [-0.25, -0.2) is 0 Å². The number of ether oxygens (including phenoxy) is 2. The summed E-state index contributed by atoms with van der Waals surface area (Å²) in [5, 5.41) is 0. The van der Waals surface area contributed by atoms with E-state index in [-0.39, 0.29) is 12.7 Å². The van der Waals surface area contributed by atoms with Crippen LogP contribution in [0.5, 0.6) is 0 Å². The standard InChI is InChI=1S/C24H39F9O2/c25-21(26,22(27,28)23(29,30)24(31,32)33)17-13-10-8-6-4-2-1-3-5-7-9-11-14-18-34-20-16-12-15-19-35-20/h20H,1-19H2. The number of unbranched alkanes of at least 4 members (excludes halogenated alkanes) is 12. The number of hydrogen-bond donors (Lipinski definition) is 0. The number of hydrogen-bond acceptors (Lipinski definition) is 2. The highest BCUT2D eigenvalue weighted by molar-refractivity contribution is 5.00. The van der Waals surface area contributed by atoms with Crippen LogP contribution in [-0.4, -0.2) is 43.4 Å². The molecule has 1 heterocycles. The van der Waals surface area contributed by atoms with Gasteiger partial charge in [0.15, 0.2) is 6.29 Å². The van der Waals surface area contributed by atoms with E-state index in [0.717, 1.165) is 90.3 Å². The van der Waals surface area contributed by atoms with Gasteiger partial charge in [-0.15, -0.1) is 0 Å². The molecule has 0 aromatic heterocycles.